The van der Waals surface area contributed by atoms with Crippen LogP contribution in [0.2, 0.25) is 0 Å². The SMILES string of the molecule is NC(=O)[C@@H]1CCN(C(=O)c2csc(COc3ccc(F)cc3)n2)C1. The lowest BCUT2D eigenvalue weighted by Crippen LogP contribution is -2.31. The molecule has 0 radical (unpaired) electrons. The summed E-state index contributed by atoms with van der Waals surface area (Å²) in [5, 5.41) is 2.32. The van der Waals surface area contributed by atoms with Gasteiger partial charge in [0.1, 0.15) is 28.9 Å². The summed E-state index contributed by atoms with van der Waals surface area (Å²) in [6, 6.07) is 5.69. The van der Waals surface area contributed by atoms with Crippen LogP contribution in [0.1, 0.15) is 21.9 Å². The second-order valence-corrected chi connectivity index (χ2v) is 6.45. The fraction of sp³-hybridized carbons (Fsp3) is 0.312. The number of rotatable bonds is 5. The Bertz CT molecular complexity index is 747. The van der Waals surface area contributed by atoms with E-state index >= 15 is 0 Å². The quantitative estimate of drug-likeness (QED) is 0.892. The number of nitrogens with zero attached hydrogens (tertiary/aromatic N) is 2. The molecule has 1 aromatic carbocycles. The van der Waals surface area contributed by atoms with E-state index in [0.717, 1.165) is 0 Å². The molecule has 3 rings (SSSR count). The Morgan fingerprint density at radius 1 is 1.38 bits per heavy atom. The monoisotopic (exact) mass is 349 g/mol. The average molecular weight is 349 g/mol. The zero-order chi connectivity index (χ0) is 17.1. The molecule has 2 aromatic rings. The summed E-state index contributed by atoms with van der Waals surface area (Å²) in [5.41, 5.74) is 5.61. The standard InChI is InChI=1S/C16H16FN3O3S/c17-11-1-3-12(4-2-11)23-8-14-19-13(9-24-14)16(22)20-6-5-10(7-20)15(18)21/h1-4,9-10H,5-8H2,(H2,18,21)/t10-/m1/s1. The zero-order valence-corrected chi connectivity index (χ0v) is 13.6. The number of hydrogen-bond acceptors (Lipinski definition) is 5. The first kappa shape index (κ1) is 16.4. The summed E-state index contributed by atoms with van der Waals surface area (Å²) >= 11 is 1.32. The topological polar surface area (TPSA) is 85.5 Å². The Labute approximate surface area is 142 Å². The van der Waals surface area contributed by atoms with Gasteiger partial charge in [-0.3, -0.25) is 9.59 Å². The van der Waals surface area contributed by atoms with Crippen molar-refractivity contribution in [3.05, 3.63) is 46.2 Å². The lowest BCUT2D eigenvalue weighted by molar-refractivity contribution is -0.121. The van der Waals surface area contributed by atoms with Crippen LogP contribution >= 0.6 is 11.3 Å². The first-order chi connectivity index (χ1) is 11.5. The second-order valence-electron chi connectivity index (χ2n) is 5.51. The van der Waals surface area contributed by atoms with Crippen LogP contribution in [0.5, 0.6) is 5.75 Å². The normalized spacial score (nSPS) is 17.0. The van der Waals surface area contributed by atoms with Crippen LogP contribution in [0.4, 0.5) is 4.39 Å². The first-order valence-electron chi connectivity index (χ1n) is 7.44. The van der Waals surface area contributed by atoms with Crippen LogP contribution in [0.25, 0.3) is 0 Å². The predicted molar refractivity (Wildman–Crippen MR) is 86.1 cm³/mol. The van der Waals surface area contributed by atoms with Crippen molar-refractivity contribution in [1.29, 1.82) is 0 Å². The molecule has 24 heavy (non-hydrogen) atoms. The van der Waals surface area contributed by atoms with Gasteiger partial charge in [-0.2, -0.15) is 0 Å². The molecular formula is C16H16FN3O3S. The zero-order valence-electron chi connectivity index (χ0n) is 12.8. The van der Waals surface area contributed by atoms with Crippen LogP contribution < -0.4 is 10.5 Å². The lowest BCUT2D eigenvalue weighted by atomic mass is 10.1. The van der Waals surface area contributed by atoms with Gasteiger partial charge in [-0.15, -0.1) is 11.3 Å². The number of amides is 2. The van der Waals surface area contributed by atoms with Gasteiger partial charge in [0, 0.05) is 18.5 Å². The summed E-state index contributed by atoms with van der Waals surface area (Å²) < 4.78 is 18.3. The van der Waals surface area contributed by atoms with Gasteiger partial charge in [0.2, 0.25) is 5.91 Å². The molecule has 2 heterocycles. The molecule has 6 nitrogen and oxygen atoms in total. The van der Waals surface area contributed by atoms with Crippen LogP contribution in [0.15, 0.2) is 29.6 Å². The van der Waals surface area contributed by atoms with Crippen molar-refractivity contribution in [2.24, 2.45) is 11.7 Å². The van der Waals surface area contributed by atoms with Gasteiger partial charge in [-0.05, 0) is 30.7 Å². The van der Waals surface area contributed by atoms with E-state index in [1.165, 1.54) is 35.6 Å². The van der Waals surface area contributed by atoms with E-state index in [9.17, 15) is 14.0 Å². The molecule has 1 aliphatic heterocycles. The summed E-state index contributed by atoms with van der Waals surface area (Å²) in [7, 11) is 0. The highest BCUT2D eigenvalue weighted by Gasteiger charge is 2.31. The maximum absolute atomic E-state index is 12.8. The summed E-state index contributed by atoms with van der Waals surface area (Å²) in [4.78, 5) is 29.4. The average Bonchev–Trinajstić information content (AvgIpc) is 3.23. The Hall–Kier alpha value is -2.48. The number of carbonyl (C=O) groups excluding carboxylic acids is 2. The third-order valence-corrected chi connectivity index (χ3v) is 4.65. The molecule has 0 unspecified atom stereocenters. The predicted octanol–water partition coefficient (Wildman–Crippen LogP) is 1.81. The van der Waals surface area contributed by atoms with Crippen molar-refractivity contribution in [3.8, 4) is 5.75 Å². The largest absolute Gasteiger partial charge is 0.486 e. The number of thiazole rings is 1. The smallest absolute Gasteiger partial charge is 0.273 e. The Kier molecular flexibility index (Phi) is 4.75. The molecule has 1 fully saturated rings. The van der Waals surface area contributed by atoms with Crippen molar-refractivity contribution in [1.82, 2.24) is 9.88 Å². The molecule has 1 aliphatic rings. The van der Waals surface area contributed by atoms with Crippen molar-refractivity contribution in [3.63, 3.8) is 0 Å². The Morgan fingerprint density at radius 2 is 2.12 bits per heavy atom. The molecule has 1 saturated heterocycles. The number of primary amides is 1. The van der Waals surface area contributed by atoms with Gasteiger partial charge in [-0.25, -0.2) is 9.37 Å². The van der Waals surface area contributed by atoms with Crippen molar-refractivity contribution < 1.29 is 18.7 Å². The van der Waals surface area contributed by atoms with Gasteiger partial charge >= 0.3 is 0 Å². The van der Waals surface area contributed by atoms with E-state index in [-0.39, 0.29) is 30.2 Å². The van der Waals surface area contributed by atoms with Gasteiger partial charge in [0.25, 0.3) is 5.91 Å². The minimum Gasteiger partial charge on any atom is -0.486 e. The summed E-state index contributed by atoms with van der Waals surface area (Å²) in [6.07, 6.45) is 0.589. The van der Waals surface area contributed by atoms with Crippen LogP contribution in [0, 0.1) is 11.7 Å². The lowest BCUT2D eigenvalue weighted by Gasteiger charge is -2.14. The number of ether oxygens (including phenoxy) is 1. The first-order valence-corrected chi connectivity index (χ1v) is 8.32. The van der Waals surface area contributed by atoms with Gasteiger partial charge in [-0.1, -0.05) is 0 Å². The molecule has 1 aromatic heterocycles. The van der Waals surface area contributed by atoms with E-state index in [1.54, 1.807) is 10.3 Å². The molecule has 8 heteroatoms. The number of likely N-dealkylation sites (tertiary alicyclic amines) is 1. The number of nitrogens with two attached hydrogens (primary N) is 1. The fourth-order valence-corrected chi connectivity index (χ4v) is 3.17. The van der Waals surface area contributed by atoms with E-state index < -0.39 is 0 Å². The maximum atomic E-state index is 12.8. The summed E-state index contributed by atoms with van der Waals surface area (Å²) in [6.45, 7) is 1.05. The number of aromatic nitrogens is 1. The molecule has 0 spiro atoms. The molecule has 1 atom stereocenters. The third-order valence-electron chi connectivity index (χ3n) is 3.82. The number of halogens is 1. The van der Waals surface area contributed by atoms with Crippen molar-refractivity contribution >= 4 is 23.2 Å². The number of benzene rings is 1. The molecule has 2 amide bonds. The molecule has 2 N–H and O–H groups in total. The van der Waals surface area contributed by atoms with Gasteiger partial charge < -0.3 is 15.4 Å². The highest BCUT2D eigenvalue weighted by molar-refractivity contribution is 7.09. The van der Waals surface area contributed by atoms with Gasteiger partial charge in [0.05, 0.1) is 5.92 Å². The molecule has 126 valence electrons. The van der Waals surface area contributed by atoms with Crippen LogP contribution in [-0.2, 0) is 11.4 Å². The Balaban J connectivity index is 1.58. The van der Waals surface area contributed by atoms with E-state index in [4.69, 9.17) is 10.5 Å². The minimum absolute atomic E-state index is 0.202. The Morgan fingerprint density at radius 3 is 2.79 bits per heavy atom. The van der Waals surface area contributed by atoms with Gasteiger partial charge in [0.15, 0.2) is 0 Å². The third kappa shape index (κ3) is 3.70. The van der Waals surface area contributed by atoms with E-state index in [0.29, 0.717) is 36.0 Å². The number of hydrogen-bond donors (Lipinski definition) is 1. The fourth-order valence-electron chi connectivity index (χ4n) is 2.49. The van der Waals surface area contributed by atoms with Crippen LogP contribution in [-0.4, -0.2) is 34.8 Å². The van der Waals surface area contributed by atoms with E-state index in [1.807, 2.05) is 0 Å². The molecule has 0 aliphatic carbocycles. The van der Waals surface area contributed by atoms with Crippen LogP contribution in [0.3, 0.4) is 0 Å². The molecule has 0 saturated carbocycles. The minimum atomic E-state index is -0.378. The van der Waals surface area contributed by atoms with Crippen molar-refractivity contribution in [2.45, 2.75) is 13.0 Å². The highest BCUT2D eigenvalue weighted by Crippen LogP contribution is 2.20. The molecular weight excluding hydrogens is 333 g/mol. The highest BCUT2D eigenvalue weighted by atomic mass is 32.1. The number of carbonyl (C=O) groups is 2. The van der Waals surface area contributed by atoms with Crippen molar-refractivity contribution in [2.75, 3.05) is 13.1 Å². The maximum Gasteiger partial charge on any atom is 0.273 e. The summed E-state index contributed by atoms with van der Waals surface area (Å²) in [5.74, 6) is -0.665. The second kappa shape index (κ2) is 6.96. The molecule has 0 bridgehead atoms. The van der Waals surface area contributed by atoms with E-state index in [2.05, 4.69) is 4.98 Å².